The highest BCUT2D eigenvalue weighted by Crippen LogP contribution is 2.16. The number of urea groups is 1. The predicted molar refractivity (Wildman–Crippen MR) is 101 cm³/mol. The van der Waals surface area contributed by atoms with Crippen molar-refractivity contribution < 1.29 is 14.3 Å². The van der Waals surface area contributed by atoms with Crippen molar-refractivity contribution in [2.45, 2.75) is 38.1 Å². The summed E-state index contributed by atoms with van der Waals surface area (Å²) in [5.41, 5.74) is 1.46. The van der Waals surface area contributed by atoms with E-state index in [-0.39, 0.29) is 18.0 Å². The van der Waals surface area contributed by atoms with Gasteiger partial charge in [-0.2, -0.15) is 0 Å². The number of carbonyl (C=O) groups is 2. The summed E-state index contributed by atoms with van der Waals surface area (Å²) in [6, 6.07) is 7.25. The van der Waals surface area contributed by atoms with Gasteiger partial charge in [-0.1, -0.05) is 12.8 Å². The smallest absolute Gasteiger partial charge is 0.321 e. The molecule has 0 aliphatic carbocycles. The molecule has 7 nitrogen and oxygen atoms in total. The lowest BCUT2D eigenvalue weighted by atomic mass is 10.2. The van der Waals surface area contributed by atoms with Gasteiger partial charge >= 0.3 is 6.03 Å². The highest BCUT2D eigenvalue weighted by molar-refractivity contribution is 5.92. The summed E-state index contributed by atoms with van der Waals surface area (Å²) in [4.78, 5) is 26.3. The molecule has 2 heterocycles. The van der Waals surface area contributed by atoms with Crippen LogP contribution in [-0.2, 0) is 9.53 Å². The van der Waals surface area contributed by atoms with Crippen LogP contribution in [0.1, 0.15) is 32.1 Å². The monoisotopic (exact) mass is 360 g/mol. The highest BCUT2D eigenvalue weighted by Gasteiger charge is 2.17. The summed E-state index contributed by atoms with van der Waals surface area (Å²) >= 11 is 0. The standard InChI is InChI=1S/C19H28N4O3/c24-18(13-17-14-26-12-9-20-17)21-15-5-7-16(8-6-15)22-19(25)23-10-3-1-2-4-11-23/h5-8,17,20H,1-4,9-14H2,(H,21,24)(H,22,25). The molecular weight excluding hydrogens is 332 g/mol. The van der Waals surface area contributed by atoms with Crippen LogP contribution in [0.5, 0.6) is 0 Å². The van der Waals surface area contributed by atoms with Crippen LogP contribution >= 0.6 is 0 Å². The molecule has 0 radical (unpaired) electrons. The Bertz CT molecular complexity index is 591. The Kier molecular flexibility index (Phi) is 6.85. The molecule has 3 amide bonds. The second-order valence-electron chi connectivity index (χ2n) is 6.89. The lowest BCUT2D eigenvalue weighted by molar-refractivity contribution is -0.117. The molecule has 7 heteroatoms. The molecule has 3 rings (SSSR count). The molecular formula is C19H28N4O3. The van der Waals surface area contributed by atoms with Gasteiger partial charge in [-0.15, -0.1) is 0 Å². The van der Waals surface area contributed by atoms with E-state index in [0.29, 0.717) is 19.6 Å². The third-order valence-electron chi connectivity index (χ3n) is 4.74. The molecule has 1 aromatic carbocycles. The van der Waals surface area contributed by atoms with Crippen LogP contribution in [0, 0.1) is 0 Å². The van der Waals surface area contributed by atoms with E-state index in [2.05, 4.69) is 16.0 Å². The normalized spacial score (nSPS) is 20.9. The quantitative estimate of drug-likeness (QED) is 0.770. The van der Waals surface area contributed by atoms with Crippen molar-refractivity contribution in [1.82, 2.24) is 10.2 Å². The molecule has 2 fully saturated rings. The second kappa shape index (κ2) is 9.54. The number of likely N-dealkylation sites (tertiary alicyclic amines) is 1. The number of anilines is 2. The number of nitrogens with one attached hydrogen (secondary N) is 3. The maximum atomic E-state index is 12.3. The van der Waals surface area contributed by atoms with Crippen molar-refractivity contribution in [1.29, 1.82) is 0 Å². The predicted octanol–water partition coefficient (Wildman–Crippen LogP) is 2.41. The van der Waals surface area contributed by atoms with Crippen LogP contribution in [0.15, 0.2) is 24.3 Å². The van der Waals surface area contributed by atoms with Crippen LogP contribution < -0.4 is 16.0 Å². The van der Waals surface area contributed by atoms with E-state index < -0.39 is 0 Å². The van der Waals surface area contributed by atoms with Crippen molar-refractivity contribution in [2.24, 2.45) is 0 Å². The van der Waals surface area contributed by atoms with E-state index >= 15 is 0 Å². The molecule has 0 spiro atoms. The van der Waals surface area contributed by atoms with Crippen LogP contribution in [0.2, 0.25) is 0 Å². The van der Waals surface area contributed by atoms with Crippen LogP contribution in [0.4, 0.5) is 16.2 Å². The molecule has 0 bridgehead atoms. The number of rotatable bonds is 4. The number of carbonyl (C=O) groups excluding carboxylic acids is 2. The van der Waals surface area contributed by atoms with Gasteiger partial charge in [0.15, 0.2) is 0 Å². The van der Waals surface area contributed by atoms with E-state index in [0.717, 1.165) is 43.9 Å². The summed E-state index contributed by atoms with van der Waals surface area (Å²) in [6.45, 7) is 3.68. The van der Waals surface area contributed by atoms with Gasteiger partial charge in [-0.25, -0.2) is 4.79 Å². The molecule has 2 saturated heterocycles. The zero-order valence-electron chi connectivity index (χ0n) is 15.1. The first-order valence-electron chi connectivity index (χ1n) is 9.48. The zero-order chi connectivity index (χ0) is 18.2. The summed E-state index contributed by atoms with van der Waals surface area (Å²) in [7, 11) is 0. The van der Waals surface area contributed by atoms with Crippen molar-refractivity contribution in [3.63, 3.8) is 0 Å². The Labute approximate surface area is 154 Å². The van der Waals surface area contributed by atoms with Gasteiger partial charge in [0.2, 0.25) is 5.91 Å². The molecule has 0 saturated carbocycles. The van der Waals surface area contributed by atoms with E-state index in [1.165, 1.54) is 12.8 Å². The molecule has 2 aliphatic heterocycles. The number of ether oxygens (including phenoxy) is 1. The first kappa shape index (κ1) is 18.7. The summed E-state index contributed by atoms with van der Waals surface area (Å²) in [5, 5.41) is 9.08. The molecule has 1 atom stereocenters. The Morgan fingerprint density at radius 2 is 1.69 bits per heavy atom. The number of benzene rings is 1. The van der Waals surface area contributed by atoms with Crippen LogP contribution in [0.25, 0.3) is 0 Å². The van der Waals surface area contributed by atoms with Gasteiger partial charge in [-0.3, -0.25) is 4.79 Å². The Morgan fingerprint density at radius 3 is 2.31 bits per heavy atom. The summed E-state index contributed by atoms with van der Waals surface area (Å²) in [5.74, 6) is -0.0469. The van der Waals surface area contributed by atoms with Crippen LogP contribution in [0.3, 0.4) is 0 Å². The first-order chi connectivity index (χ1) is 12.7. The van der Waals surface area contributed by atoms with Crippen molar-refractivity contribution in [2.75, 3.05) is 43.5 Å². The average molecular weight is 360 g/mol. The Balaban J connectivity index is 1.46. The minimum atomic E-state index is -0.0490. The van der Waals surface area contributed by atoms with Crippen LogP contribution in [-0.4, -0.2) is 55.7 Å². The fourth-order valence-electron chi connectivity index (χ4n) is 3.30. The Hall–Kier alpha value is -2.12. The zero-order valence-corrected chi connectivity index (χ0v) is 15.1. The molecule has 2 aliphatic rings. The third kappa shape index (κ3) is 5.71. The Morgan fingerprint density at radius 1 is 1.04 bits per heavy atom. The molecule has 26 heavy (non-hydrogen) atoms. The van der Waals surface area contributed by atoms with Crippen molar-refractivity contribution in [3.05, 3.63) is 24.3 Å². The first-order valence-corrected chi connectivity index (χ1v) is 9.48. The maximum absolute atomic E-state index is 12.3. The number of hydrogen-bond donors (Lipinski definition) is 3. The van der Waals surface area contributed by atoms with E-state index in [4.69, 9.17) is 4.74 Å². The summed E-state index contributed by atoms with van der Waals surface area (Å²) < 4.78 is 5.36. The van der Waals surface area contributed by atoms with Gasteiger partial charge in [-0.05, 0) is 37.1 Å². The second-order valence-corrected chi connectivity index (χ2v) is 6.89. The lowest BCUT2D eigenvalue weighted by Gasteiger charge is -2.23. The van der Waals surface area contributed by atoms with Gasteiger partial charge in [0.1, 0.15) is 0 Å². The number of hydrogen-bond acceptors (Lipinski definition) is 4. The summed E-state index contributed by atoms with van der Waals surface area (Å²) in [6.07, 6.45) is 4.91. The van der Waals surface area contributed by atoms with Gasteiger partial charge < -0.3 is 25.6 Å². The van der Waals surface area contributed by atoms with E-state index in [9.17, 15) is 9.59 Å². The van der Waals surface area contributed by atoms with Crippen molar-refractivity contribution >= 4 is 23.3 Å². The minimum absolute atomic E-state index is 0.0469. The maximum Gasteiger partial charge on any atom is 0.321 e. The van der Waals surface area contributed by atoms with Gasteiger partial charge in [0, 0.05) is 43.5 Å². The molecule has 1 unspecified atom stereocenters. The molecule has 142 valence electrons. The minimum Gasteiger partial charge on any atom is -0.378 e. The lowest BCUT2D eigenvalue weighted by Crippen LogP contribution is -2.43. The fourth-order valence-corrected chi connectivity index (χ4v) is 3.30. The topological polar surface area (TPSA) is 82.7 Å². The van der Waals surface area contributed by atoms with Crippen molar-refractivity contribution in [3.8, 4) is 0 Å². The molecule has 3 N–H and O–H groups in total. The molecule has 0 aromatic heterocycles. The van der Waals surface area contributed by atoms with E-state index in [1.807, 2.05) is 17.0 Å². The third-order valence-corrected chi connectivity index (χ3v) is 4.74. The largest absolute Gasteiger partial charge is 0.378 e. The van der Waals surface area contributed by atoms with Gasteiger partial charge in [0.05, 0.1) is 13.2 Å². The number of nitrogens with zero attached hydrogens (tertiary/aromatic N) is 1. The number of amides is 3. The van der Waals surface area contributed by atoms with Gasteiger partial charge in [0.25, 0.3) is 0 Å². The van der Waals surface area contributed by atoms with E-state index in [1.54, 1.807) is 12.1 Å². The fraction of sp³-hybridized carbons (Fsp3) is 0.579. The SMILES string of the molecule is O=C(CC1COCCN1)Nc1ccc(NC(=O)N2CCCCCC2)cc1. The molecule has 1 aromatic rings. The number of morpholine rings is 1. The average Bonchev–Trinajstić information content (AvgIpc) is 2.94. The highest BCUT2D eigenvalue weighted by atomic mass is 16.5.